The molecule has 1 aromatic rings. The van der Waals surface area contributed by atoms with E-state index in [1.807, 2.05) is 0 Å². The number of rotatable bonds is 6. The normalized spacial score (nSPS) is 14.1. The summed E-state index contributed by atoms with van der Waals surface area (Å²) >= 11 is 0. The van der Waals surface area contributed by atoms with Crippen molar-refractivity contribution in [2.45, 2.75) is 58.0 Å². The van der Waals surface area contributed by atoms with Crippen LogP contribution >= 0.6 is 0 Å². The highest BCUT2D eigenvalue weighted by Crippen LogP contribution is 2.37. The van der Waals surface area contributed by atoms with Crippen molar-refractivity contribution >= 4 is 20.2 Å². The summed E-state index contributed by atoms with van der Waals surface area (Å²) in [6.45, 7) is 12.3. The number of benzene rings is 1. The molecule has 0 aromatic heterocycles. The number of hydrogen-bond acceptors (Lipinski definition) is 4. The minimum Gasteiger partial charge on any atom is -0.467 e. The van der Waals surface area contributed by atoms with Gasteiger partial charge in [-0.15, -0.1) is 6.42 Å². The summed E-state index contributed by atoms with van der Waals surface area (Å²) in [5, 5.41) is 2.71. The van der Waals surface area contributed by atoms with E-state index in [0.29, 0.717) is 11.1 Å². The average Bonchev–Trinajstić information content (AvgIpc) is 2.57. The maximum absolute atomic E-state index is 12.5. The zero-order valence-electron chi connectivity index (χ0n) is 16.7. The third kappa shape index (κ3) is 5.45. The predicted molar refractivity (Wildman–Crippen MR) is 105 cm³/mol. The molecule has 0 aliphatic heterocycles. The first-order valence-corrected chi connectivity index (χ1v) is 11.5. The molecule has 0 saturated carbocycles. The number of amides is 1. The van der Waals surface area contributed by atoms with Gasteiger partial charge in [-0.2, -0.15) is 0 Å². The summed E-state index contributed by atoms with van der Waals surface area (Å²) in [5.74, 6) is 1.58. The predicted octanol–water partition coefficient (Wildman–Crippen LogP) is 3.35. The monoisotopic (exact) mass is 375 g/mol. The molecule has 0 fully saturated rings. The molecule has 6 heteroatoms. The lowest BCUT2D eigenvalue weighted by Gasteiger charge is -2.39. The van der Waals surface area contributed by atoms with Crippen LogP contribution in [-0.4, -0.2) is 39.4 Å². The second-order valence-corrected chi connectivity index (χ2v) is 12.5. The van der Waals surface area contributed by atoms with E-state index in [1.54, 1.807) is 31.2 Å². The molecule has 1 N–H and O–H groups in total. The molecule has 0 radical (unpaired) electrons. The van der Waals surface area contributed by atoms with Gasteiger partial charge in [0.15, 0.2) is 14.4 Å². The molecule has 1 aromatic carbocycles. The van der Waals surface area contributed by atoms with Crippen molar-refractivity contribution in [2.75, 3.05) is 7.11 Å². The molecule has 1 rings (SSSR count). The second kappa shape index (κ2) is 8.52. The van der Waals surface area contributed by atoms with Crippen LogP contribution in [0.15, 0.2) is 24.3 Å². The molecule has 0 heterocycles. The molecule has 142 valence electrons. The van der Waals surface area contributed by atoms with Gasteiger partial charge in [0.1, 0.15) is 0 Å². The van der Waals surface area contributed by atoms with E-state index in [4.69, 9.17) is 15.6 Å². The Bertz CT molecular complexity index is 683. The largest absolute Gasteiger partial charge is 0.467 e. The van der Waals surface area contributed by atoms with Crippen LogP contribution in [0.3, 0.4) is 0 Å². The Balaban J connectivity index is 2.97. The smallest absolute Gasteiger partial charge is 0.331 e. The van der Waals surface area contributed by atoms with E-state index in [9.17, 15) is 9.59 Å². The number of hydrogen-bond donors (Lipinski definition) is 1. The number of terminal acetylenes is 1. The van der Waals surface area contributed by atoms with Crippen LogP contribution in [0.2, 0.25) is 18.1 Å². The fourth-order valence-corrected chi connectivity index (χ4v) is 3.57. The van der Waals surface area contributed by atoms with Gasteiger partial charge in [-0.25, -0.2) is 4.79 Å². The molecule has 5 nitrogen and oxygen atoms in total. The Morgan fingerprint density at radius 3 is 2.15 bits per heavy atom. The Kier molecular flexibility index (Phi) is 7.19. The van der Waals surface area contributed by atoms with Gasteiger partial charge < -0.3 is 14.5 Å². The minimum absolute atomic E-state index is 0.0169. The summed E-state index contributed by atoms with van der Waals surface area (Å²) in [7, 11) is -0.819. The maximum atomic E-state index is 12.5. The average molecular weight is 376 g/mol. The zero-order chi connectivity index (χ0) is 20.1. The first-order chi connectivity index (χ1) is 11.9. The Labute approximate surface area is 157 Å². The van der Waals surface area contributed by atoms with Crippen molar-refractivity contribution in [1.82, 2.24) is 5.32 Å². The number of ether oxygens (including phenoxy) is 1. The van der Waals surface area contributed by atoms with Gasteiger partial charge in [0.2, 0.25) is 0 Å². The number of carbonyl (C=O) groups is 2. The van der Waals surface area contributed by atoms with Crippen LogP contribution in [0.1, 0.15) is 43.6 Å². The lowest BCUT2D eigenvalue weighted by atomic mass is 10.1. The second-order valence-electron chi connectivity index (χ2n) is 7.78. The fraction of sp³-hybridized carbons (Fsp3) is 0.500. The Morgan fingerprint density at radius 2 is 1.73 bits per heavy atom. The van der Waals surface area contributed by atoms with Gasteiger partial charge in [0.25, 0.3) is 5.91 Å². The standard InChI is InChI=1S/C20H29NO4Si/c1-9-15-10-12-16(13-11-15)18(22)21-17(19(23)24-6)14(2)25-26(7,8)20(3,4)5/h1,10-14,17H,2-8H3,(H,21,22). The highest BCUT2D eigenvalue weighted by molar-refractivity contribution is 6.74. The molecule has 2 unspecified atom stereocenters. The topological polar surface area (TPSA) is 64.6 Å². The molecule has 0 aliphatic carbocycles. The van der Waals surface area contributed by atoms with Gasteiger partial charge in [-0.3, -0.25) is 4.79 Å². The van der Waals surface area contributed by atoms with Crippen LogP contribution in [0.4, 0.5) is 0 Å². The van der Waals surface area contributed by atoms with Crippen LogP contribution in [0, 0.1) is 12.3 Å². The molecule has 0 aliphatic rings. The van der Waals surface area contributed by atoms with Crippen molar-refractivity contribution in [2.24, 2.45) is 0 Å². The highest BCUT2D eigenvalue weighted by atomic mass is 28.4. The molecule has 0 spiro atoms. The maximum Gasteiger partial charge on any atom is 0.331 e. The summed E-state index contributed by atoms with van der Waals surface area (Å²) in [5.41, 5.74) is 1.10. The lowest BCUT2D eigenvalue weighted by molar-refractivity contribution is -0.145. The summed E-state index contributed by atoms with van der Waals surface area (Å²) in [6.07, 6.45) is 4.81. The highest BCUT2D eigenvalue weighted by Gasteiger charge is 2.41. The van der Waals surface area contributed by atoms with Gasteiger partial charge in [0, 0.05) is 11.1 Å². The molecular weight excluding hydrogens is 346 g/mol. The van der Waals surface area contributed by atoms with Gasteiger partial charge in [-0.1, -0.05) is 26.7 Å². The third-order valence-corrected chi connectivity index (χ3v) is 9.39. The lowest BCUT2D eigenvalue weighted by Crippen LogP contribution is -2.54. The van der Waals surface area contributed by atoms with Gasteiger partial charge >= 0.3 is 5.97 Å². The Morgan fingerprint density at radius 1 is 1.19 bits per heavy atom. The summed E-state index contributed by atoms with van der Waals surface area (Å²) in [4.78, 5) is 24.8. The first-order valence-electron chi connectivity index (χ1n) is 8.56. The molecule has 0 saturated heterocycles. The number of nitrogens with one attached hydrogen (secondary N) is 1. The number of methoxy groups -OCH3 is 1. The van der Waals surface area contributed by atoms with E-state index in [0.717, 1.165) is 0 Å². The van der Waals surface area contributed by atoms with Crippen molar-refractivity contribution in [3.8, 4) is 12.3 Å². The van der Waals surface area contributed by atoms with Gasteiger partial charge in [-0.05, 0) is 49.3 Å². The molecule has 0 bridgehead atoms. The number of esters is 1. The van der Waals surface area contributed by atoms with Crippen molar-refractivity contribution in [3.05, 3.63) is 35.4 Å². The SMILES string of the molecule is C#Cc1ccc(C(=O)NC(C(=O)OC)C(C)O[Si](C)(C)C(C)(C)C)cc1. The first kappa shape index (κ1) is 21.9. The van der Waals surface area contributed by atoms with Crippen molar-refractivity contribution in [3.63, 3.8) is 0 Å². The van der Waals surface area contributed by atoms with E-state index in [1.165, 1.54) is 7.11 Å². The quantitative estimate of drug-likeness (QED) is 0.470. The Hall–Kier alpha value is -2.10. The summed E-state index contributed by atoms with van der Waals surface area (Å²) < 4.78 is 11.1. The van der Waals surface area contributed by atoms with Crippen LogP contribution in [0.5, 0.6) is 0 Å². The van der Waals surface area contributed by atoms with Crippen molar-refractivity contribution in [1.29, 1.82) is 0 Å². The fourth-order valence-electron chi connectivity index (χ4n) is 2.15. The van der Waals surface area contributed by atoms with E-state index >= 15 is 0 Å². The molecule has 2 atom stereocenters. The summed E-state index contributed by atoms with van der Waals surface area (Å²) in [6, 6.07) is 5.71. The van der Waals surface area contributed by atoms with Crippen LogP contribution < -0.4 is 5.32 Å². The zero-order valence-corrected chi connectivity index (χ0v) is 17.7. The third-order valence-electron chi connectivity index (χ3n) is 4.81. The van der Waals surface area contributed by atoms with E-state index in [2.05, 4.69) is 45.1 Å². The number of carbonyl (C=O) groups excluding carboxylic acids is 2. The van der Waals surface area contributed by atoms with Crippen molar-refractivity contribution < 1.29 is 18.8 Å². The van der Waals surface area contributed by atoms with E-state index in [-0.39, 0.29) is 10.9 Å². The molecule has 26 heavy (non-hydrogen) atoms. The van der Waals surface area contributed by atoms with E-state index < -0.39 is 26.4 Å². The molecular formula is C20H29NO4Si. The minimum atomic E-state index is -2.11. The van der Waals surface area contributed by atoms with Gasteiger partial charge in [0.05, 0.1) is 13.2 Å². The molecule has 1 amide bonds. The van der Waals surface area contributed by atoms with Crippen LogP contribution in [0.25, 0.3) is 0 Å². The van der Waals surface area contributed by atoms with Crippen LogP contribution in [-0.2, 0) is 14.0 Å².